The second-order valence-electron chi connectivity index (χ2n) is 5.65. The molecule has 1 aliphatic rings. The smallest absolute Gasteiger partial charge is 0.154 e. The third-order valence-electron chi connectivity index (χ3n) is 4.17. The molecular weight excluding hydrogens is 246 g/mol. The molecule has 1 fully saturated rings. The highest BCUT2D eigenvalue weighted by atomic mass is 32.2. The van der Waals surface area contributed by atoms with Gasteiger partial charge in [0.15, 0.2) is 9.84 Å². The fourth-order valence-electron chi connectivity index (χ4n) is 2.88. The zero-order valence-electron chi connectivity index (χ0n) is 12.1. The second-order valence-corrected chi connectivity index (χ2v) is 8.06. The third-order valence-corrected chi connectivity index (χ3v) is 6.57. The van der Waals surface area contributed by atoms with Crippen LogP contribution in [-0.2, 0) is 9.84 Å². The van der Waals surface area contributed by atoms with E-state index in [4.69, 9.17) is 0 Å². The average Bonchev–Trinajstić information content (AvgIpc) is 2.81. The fourth-order valence-corrected chi connectivity index (χ4v) is 4.96. The van der Waals surface area contributed by atoms with Gasteiger partial charge in [-0.25, -0.2) is 8.42 Å². The molecule has 3 nitrogen and oxygen atoms in total. The van der Waals surface area contributed by atoms with E-state index in [0.29, 0.717) is 11.7 Å². The van der Waals surface area contributed by atoms with E-state index >= 15 is 0 Å². The normalized spacial score (nSPS) is 21.1. The first-order valence-electron chi connectivity index (χ1n) is 7.46. The maximum Gasteiger partial charge on any atom is 0.154 e. The lowest BCUT2D eigenvalue weighted by Crippen LogP contribution is -2.43. The van der Waals surface area contributed by atoms with Crippen LogP contribution in [0, 0.1) is 5.92 Å². The van der Waals surface area contributed by atoms with E-state index in [-0.39, 0.29) is 11.3 Å². The predicted octanol–water partition coefficient (Wildman–Crippen LogP) is 2.76. The molecule has 0 aliphatic heterocycles. The van der Waals surface area contributed by atoms with E-state index < -0.39 is 9.84 Å². The molecule has 1 N–H and O–H groups in total. The van der Waals surface area contributed by atoms with Crippen molar-refractivity contribution in [3.63, 3.8) is 0 Å². The predicted molar refractivity (Wildman–Crippen MR) is 77.6 cm³/mol. The minimum absolute atomic E-state index is 0.108. The van der Waals surface area contributed by atoms with E-state index in [2.05, 4.69) is 19.2 Å². The Balaban J connectivity index is 2.57. The highest BCUT2D eigenvalue weighted by Crippen LogP contribution is 2.27. The van der Waals surface area contributed by atoms with Crippen LogP contribution in [0.5, 0.6) is 0 Å². The van der Waals surface area contributed by atoms with Crippen LogP contribution in [0.4, 0.5) is 0 Å². The molecule has 0 spiro atoms. The van der Waals surface area contributed by atoms with E-state index in [1.54, 1.807) is 0 Å². The molecule has 0 saturated heterocycles. The molecular formula is C14H29NO2S. The first kappa shape index (κ1) is 16.0. The van der Waals surface area contributed by atoms with Gasteiger partial charge in [0, 0.05) is 6.04 Å². The van der Waals surface area contributed by atoms with E-state index in [1.165, 1.54) is 12.8 Å². The standard InChI is InChI=1S/C14H29NO2S/c1-4-10-15-14(5-2)12(3)18(16,17)11-13-8-6-7-9-13/h12-15H,4-11H2,1-3H3. The lowest BCUT2D eigenvalue weighted by molar-refractivity contribution is 0.466. The van der Waals surface area contributed by atoms with Gasteiger partial charge >= 0.3 is 0 Å². The Morgan fingerprint density at radius 1 is 1.22 bits per heavy atom. The van der Waals surface area contributed by atoms with Crippen molar-refractivity contribution in [2.24, 2.45) is 5.92 Å². The van der Waals surface area contributed by atoms with Gasteiger partial charge < -0.3 is 5.32 Å². The minimum atomic E-state index is -2.95. The van der Waals surface area contributed by atoms with Crippen LogP contribution in [0.2, 0.25) is 0 Å². The summed E-state index contributed by atoms with van der Waals surface area (Å²) in [6, 6.07) is 0.108. The molecule has 108 valence electrons. The summed E-state index contributed by atoms with van der Waals surface area (Å²) in [6.45, 7) is 6.95. The van der Waals surface area contributed by atoms with Crippen molar-refractivity contribution >= 4 is 9.84 Å². The van der Waals surface area contributed by atoms with Crippen molar-refractivity contribution in [1.82, 2.24) is 5.32 Å². The lowest BCUT2D eigenvalue weighted by Gasteiger charge is -2.25. The summed E-state index contributed by atoms with van der Waals surface area (Å²) in [5, 5.41) is 3.12. The van der Waals surface area contributed by atoms with Crippen LogP contribution in [0.3, 0.4) is 0 Å². The molecule has 2 atom stereocenters. The average molecular weight is 275 g/mol. The van der Waals surface area contributed by atoms with Crippen molar-refractivity contribution in [1.29, 1.82) is 0 Å². The number of hydrogen-bond donors (Lipinski definition) is 1. The summed E-state index contributed by atoms with van der Waals surface area (Å²) in [6.07, 6.45) is 6.55. The summed E-state index contributed by atoms with van der Waals surface area (Å²) in [4.78, 5) is 0. The second kappa shape index (κ2) is 7.49. The molecule has 0 radical (unpaired) electrons. The first-order chi connectivity index (χ1) is 8.51. The van der Waals surface area contributed by atoms with E-state index in [9.17, 15) is 8.42 Å². The lowest BCUT2D eigenvalue weighted by atomic mass is 10.1. The van der Waals surface area contributed by atoms with Crippen LogP contribution >= 0.6 is 0 Å². The van der Waals surface area contributed by atoms with Crippen LogP contribution < -0.4 is 5.32 Å². The van der Waals surface area contributed by atoms with Crippen molar-refractivity contribution < 1.29 is 8.42 Å². The summed E-state index contributed by atoms with van der Waals surface area (Å²) in [7, 11) is -2.95. The Bertz CT molecular complexity index is 321. The molecule has 0 aromatic carbocycles. The number of nitrogens with one attached hydrogen (secondary N) is 1. The van der Waals surface area contributed by atoms with Gasteiger partial charge in [0.1, 0.15) is 0 Å². The molecule has 0 heterocycles. The molecule has 2 unspecified atom stereocenters. The molecule has 1 saturated carbocycles. The molecule has 4 heteroatoms. The molecule has 0 aromatic rings. The monoisotopic (exact) mass is 275 g/mol. The Morgan fingerprint density at radius 2 is 1.83 bits per heavy atom. The fraction of sp³-hybridized carbons (Fsp3) is 1.00. The SMILES string of the molecule is CCCNC(CC)C(C)S(=O)(=O)CC1CCCC1. The van der Waals surface area contributed by atoms with Crippen LogP contribution in [0.25, 0.3) is 0 Å². The van der Waals surface area contributed by atoms with Crippen molar-refractivity contribution in [3.8, 4) is 0 Å². The Labute approximate surface area is 113 Å². The number of rotatable bonds is 8. The number of sulfone groups is 1. The minimum Gasteiger partial charge on any atom is -0.313 e. The van der Waals surface area contributed by atoms with Crippen LogP contribution in [-0.4, -0.2) is 32.0 Å². The Morgan fingerprint density at radius 3 is 2.33 bits per heavy atom. The number of hydrogen-bond acceptors (Lipinski definition) is 3. The summed E-state index contributed by atoms with van der Waals surface area (Å²) in [5.74, 6) is 0.819. The van der Waals surface area contributed by atoms with Gasteiger partial charge in [-0.3, -0.25) is 0 Å². The zero-order valence-corrected chi connectivity index (χ0v) is 12.9. The largest absolute Gasteiger partial charge is 0.313 e. The van der Waals surface area contributed by atoms with Gasteiger partial charge in [-0.2, -0.15) is 0 Å². The molecule has 0 amide bonds. The molecule has 18 heavy (non-hydrogen) atoms. The Hall–Kier alpha value is -0.0900. The maximum absolute atomic E-state index is 12.4. The topological polar surface area (TPSA) is 46.2 Å². The van der Waals surface area contributed by atoms with Gasteiger partial charge in [0.05, 0.1) is 11.0 Å². The molecule has 0 aromatic heterocycles. The van der Waals surface area contributed by atoms with E-state index in [0.717, 1.165) is 32.2 Å². The van der Waals surface area contributed by atoms with Crippen molar-refractivity contribution in [3.05, 3.63) is 0 Å². The van der Waals surface area contributed by atoms with Gasteiger partial charge in [0.2, 0.25) is 0 Å². The van der Waals surface area contributed by atoms with Gasteiger partial charge in [-0.15, -0.1) is 0 Å². The molecule has 1 rings (SSSR count). The zero-order chi connectivity index (χ0) is 13.6. The van der Waals surface area contributed by atoms with Crippen molar-refractivity contribution in [2.45, 2.75) is 70.6 Å². The summed E-state index contributed by atoms with van der Waals surface area (Å²) >= 11 is 0. The Kier molecular flexibility index (Phi) is 6.64. The van der Waals surface area contributed by atoms with Gasteiger partial charge in [-0.1, -0.05) is 26.7 Å². The van der Waals surface area contributed by atoms with Gasteiger partial charge in [0.25, 0.3) is 0 Å². The van der Waals surface area contributed by atoms with Crippen LogP contribution in [0.1, 0.15) is 59.3 Å². The van der Waals surface area contributed by atoms with Crippen molar-refractivity contribution in [2.75, 3.05) is 12.3 Å². The molecule has 0 bridgehead atoms. The third kappa shape index (κ3) is 4.54. The van der Waals surface area contributed by atoms with Crippen LogP contribution in [0.15, 0.2) is 0 Å². The summed E-state index contributed by atoms with van der Waals surface area (Å²) < 4.78 is 24.8. The quantitative estimate of drug-likeness (QED) is 0.741. The van der Waals surface area contributed by atoms with Gasteiger partial charge in [-0.05, 0) is 45.1 Å². The van der Waals surface area contributed by atoms with E-state index in [1.807, 2.05) is 6.92 Å². The highest BCUT2D eigenvalue weighted by molar-refractivity contribution is 7.92. The highest BCUT2D eigenvalue weighted by Gasteiger charge is 2.31. The molecule has 1 aliphatic carbocycles. The summed E-state index contributed by atoms with van der Waals surface area (Å²) in [5.41, 5.74) is 0. The first-order valence-corrected chi connectivity index (χ1v) is 9.17. The maximum atomic E-state index is 12.4.